The van der Waals surface area contributed by atoms with Crippen LogP contribution in [-0.2, 0) is 18.3 Å². The quantitative estimate of drug-likeness (QED) is 0.143. The van der Waals surface area contributed by atoms with Crippen molar-refractivity contribution < 1.29 is 23.2 Å². The van der Waals surface area contributed by atoms with Crippen molar-refractivity contribution in [2.45, 2.75) is 86.0 Å². The van der Waals surface area contributed by atoms with E-state index in [0.29, 0.717) is 30.8 Å². The lowest BCUT2D eigenvalue weighted by Crippen LogP contribution is -2.14. The monoisotopic (exact) mass is 428 g/mol. The normalized spacial score (nSPS) is 15.6. The maximum Gasteiger partial charge on any atom is 0.511 e. The Labute approximate surface area is 178 Å². The molecule has 0 saturated carbocycles. The van der Waals surface area contributed by atoms with Gasteiger partial charge in [0.05, 0.1) is 13.2 Å². The van der Waals surface area contributed by atoms with Crippen molar-refractivity contribution in [2.75, 3.05) is 13.2 Å². The van der Waals surface area contributed by atoms with Crippen molar-refractivity contribution in [3.8, 4) is 5.75 Å². The van der Waals surface area contributed by atoms with Crippen LogP contribution in [0, 0.1) is 18.8 Å². The first-order valence-corrected chi connectivity index (χ1v) is 12.7. The Kier molecular flexibility index (Phi) is 13.5. The molecule has 1 rings (SSSR count). The molecular formula is C23H41O5P. The summed E-state index contributed by atoms with van der Waals surface area (Å²) < 4.78 is 29.9. The molecule has 5 nitrogen and oxygen atoms in total. The summed E-state index contributed by atoms with van der Waals surface area (Å²) in [6, 6.07) is 7.35. The molecule has 2 atom stereocenters. The molecule has 0 spiro atoms. The van der Waals surface area contributed by atoms with Gasteiger partial charge in [-0.3, -0.25) is 9.05 Å². The highest BCUT2D eigenvalue weighted by Crippen LogP contribution is 2.51. The number of phosphoric ester groups is 1. The Morgan fingerprint density at radius 1 is 0.828 bits per heavy atom. The van der Waals surface area contributed by atoms with Gasteiger partial charge in [-0.25, -0.2) is 4.57 Å². The molecule has 6 heteroatoms. The van der Waals surface area contributed by atoms with Gasteiger partial charge in [0.15, 0.2) is 5.75 Å². The number of benzene rings is 1. The van der Waals surface area contributed by atoms with Crippen LogP contribution >= 0.6 is 7.82 Å². The van der Waals surface area contributed by atoms with Gasteiger partial charge in [0.25, 0.3) is 0 Å². The molecule has 0 aliphatic rings. The summed E-state index contributed by atoms with van der Waals surface area (Å²) in [6.07, 6.45) is 8.53. The minimum Gasteiger partial charge on any atom is -0.327 e. The lowest BCUT2D eigenvalue weighted by atomic mass is 10.0. The first-order valence-electron chi connectivity index (χ1n) is 11.3. The minimum atomic E-state index is -3.82. The molecule has 29 heavy (non-hydrogen) atoms. The van der Waals surface area contributed by atoms with Gasteiger partial charge in [-0.15, -0.1) is 0 Å². The highest BCUT2D eigenvalue weighted by Gasteiger charge is 2.31. The van der Waals surface area contributed by atoms with E-state index in [4.69, 9.17) is 18.6 Å². The van der Waals surface area contributed by atoms with Crippen LogP contribution in [0.25, 0.3) is 0 Å². The van der Waals surface area contributed by atoms with Crippen LogP contribution in [0.5, 0.6) is 5.75 Å². The second-order valence-corrected chi connectivity index (χ2v) is 9.40. The average molecular weight is 429 g/mol. The molecule has 1 aromatic rings. The molecule has 2 unspecified atom stereocenters. The molecule has 0 fully saturated rings. The lowest BCUT2D eigenvalue weighted by molar-refractivity contribution is -0.135. The van der Waals surface area contributed by atoms with Gasteiger partial charge < -0.3 is 4.89 Å². The average Bonchev–Trinajstić information content (AvgIpc) is 2.74. The van der Waals surface area contributed by atoms with E-state index >= 15 is 0 Å². The van der Waals surface area contributed by atoms with Gasteiger partial charge in [-0.2, -0.15) is 0 Å². The zero-order valence-electron chi connectivity index (χ0n) is 19.0. The molecule has 0 saturated heterocycles. The Bertz CT molecular complexity index is 551. The van der Waals surface area contributed by atoms with Gasteiger partial charge in [-0.1, -0.05) is 88.6 Å². The third kappa shape index (κ3) is 11.2. The fourth-order valence-corrected chi connectivity index (χ4v) is 4.08. The van der Waals surface area contributed by atoms with E-state index in [0.717, 1.165) is 56.9 Å². The van der Waals surface area contributed by atoms with E-state index in [2.05, 4.69) is 27.7 Å². The summed E-state index contributed by atoms with van der Waals surface area (Å²) in [6.45, 7) is 11.3. The smallest absolute Gasteiger partial charge is 0.327 e. The molecule has 1 aromatic carbocycles. The van der Waals surface area contributed by atoms with Gasteiger partial charge in [-0.05, 0) is 43.7 Å². The number of hydrogen-bond acceptors (Lipinski definition) is 5. The third-order valence-corrected chi connectivity index (χ3v) is 6.46. The van der Waals surface area contributed by atoms with Crippen molar-refractivity contribution in [1.82, 2.24) is 0 Å². The number of rotatable bonds is 17. The lowest BCUT2D eigenvalue weighted by Gasteiger charge is -2.22. The molecule has 0 amide bonds. The van der Waals surface area contributed by atoms with E-state index in [1.807, 2.05) is 19.1 Å². The molecule has 0 heterocycles. The molecule has 0 aromatic heterocycles. The molecule has 168 valence electrons. The summed E-state index contributed by atoms with van der Waals surface area (Å²) >= 11 is 0. The maximum atomic E-state index is 13.3. The Balaban J connectivity index is 2.73. The second-order valence-electron chi connectivity index (χ2n) is 7.84. The largest absolute Gasteiger partial charge is 0.511 e. The van der Waals surface area contributed by atoms with Gasteiger partial charge >= 0.3 is 7.82 Å². The van der Waals surface area contributed by atoms with Crippen LogP contribution in [-0.4, -0.2) is 13.2 Å². The van der Waals surface area contributed by atoms with Crippen LogP contribution in [0.4, 0.5) is 0 Å². The maximum absolute atomic E-state index is 13.3. The van der Waals surface area contributed by atoms with Crippen molar-refractivity contribution in [3.05, 3.63) is 29.8 Å². The molecular weight excluding hydrogens is 387 g/mol. The first kappa shape index (κ1) is 26.2. The van der Waals surface area contributed by atoms with Crippen LogP contribution < -0.4 is 4.89 Å². The summed E-state index contributed by atoms with van der Waals surface area (Å²) in [4.78, 5) is 5.31. The SMILES string of the molecule is CCCCC(CC)COP(=O)(OCC(CC)CCCC)OOc1ccc(C)cc1. The zero-order valence-corrected chi connectivity index (χ0v) is 19.9. The minimum absolute atomic E-state index is 0.330. The van der Waals surface area contributed by atoms with E-state index in [-0.39, 0.29) is 0 Å². The fraction of sp³-hybridized carbons (Fsp3) is 0.739. The standard InChI is InChI=1S/C23H41O5P/c1-6-10-12-21(8-3)18-25-29(24,26-19-22(9-4)13-11-7-2)28-27-23-16-14-20(5)15-17-23/h14-17,21-22H,6-13,18-19H2,1-5H3. The zero-order chi connectivity index (χ0) is 21.5. The molecule has 0 aliphatic carbocycles. The van der Waals surface area contributed by atoms with Crippen molar-refractivity contribution in [2.24, 2.45) is 11.8 Å². The van der Waals surface area contributed by atoms with Gasteiger partial charge in [0, 0.05) is 0 Å². The number of phosphoric acid groups is 1. The van der Waals surface area contributed by atoms with Crippen LogP contribution in [0.3, 0.4) is 0 Å². The first-order chi connectivity index (χ1) is 14.0. The van der Waals surface area contributed by atoms with Crippen LogP contribution in [0.15, 0.2) is 24.3 Å². The van der Waals surface area contributed by atoms with E-state index in [1.165, 1.54) is 0 Å². The summed E-state index contributed by atoms with van der Waals surface area (Å²) in [5, 5.41) is 0. The fourth-order valence-electron chi connectivity index (χ4n) is 2.95. The Morgan fingerprint density at radius 2 is 1.31 bits per heavy atom. The Morgan fingerprint density at radius 3 is 1.72 bits per heavy atom. The van der Waals surface area contributed by atoms with E-state index < -0.39 is 7.82 Å². The number of unbranched alkanes of at least 4 members (excludes halogenated alkanes) is 2. The molecule has 0 radical (unpaired) electrons. The van der Waals surface area contributed by atoms with E-state index in [9.17, 15) is 4.57 Å². The highest BCUT2D eigenvalue weighted by molar-refractivity contribution is 7.48. The van der Waals surface area contributed by atoms with Crippen LogP contribution in [0.1, 0.15) is 84.6 Å². The molecule has 0 bridgehead atoms. The van der Waals surface area contributed by atoms with Crippen molar-refractivity contribution in [3.63, 3.8) is 0 Å². The van der Waals surface area contributed by atoms with Crippen molar-refractivity contribution >= 4 is 7.82 Å². The number of hydrogen-bond donors (Lipinski definition) is 0. The van der Waals surface area contributed by atoms with Gasteiger partial charge in [0.1, 0.15) is 0 Å². The summed E-state index contributed by atoms with van der Waals surface area (Å²) in [5.41, 5.74) is 1.11. The van der Waals surface area contributed by atoms with Crippen LogP contribution in [0.2, 0.25) is 0 Å². The molecule has 0 aliphatic heterocycles. The summed E-state index contributed by atoms with van der Waals surface area (Å²) in [5.74, 6) is 1.13. The van der Waals surface area contributed by atoms with E-state index in [1.54, 1.807) is 12.1 Å². The topological polar surface area (TPSA) is 54.0 Å². The Hall–Kier alpha value is -0.870. The second kappa shape index (κ2) is 15.0. The molecule has 0 N–H and O–H groups in total. The predicted octanol–water partition coefficient (Wildman–Crippen LogP) is 7.88. The third-order valence-electron chi connectivity index (χ3n) is 5.27. The number of aryl methyl sites for hydroxylation is 1. The highest BCUT2D eigenvalue weighted by atomic mass is 31.2. The summed E-state index contributed by atoms with van der Waals surface area (Å²) in [7, 11) is -3.82. The van der Waals surface area contributed by atoms with Gasteiger partial charge in [0.2, 0.25) is 0 Å². The predicted molar refractivity (Wildman–Crippen MR) is 119 cm³/mol. The van der Waals surface area contributed by atoms with Crippen molar-refractivity contribution in [1.29, 1.82) is 0 Å².